The largest absolute Gasteiger partial charge is 0.438 e. The molecule has 2 N–H and O–H groups in total. The van der Waals surface area contributed by atoms with E-state index in [1.54, 1.807) is 12.4 Å². The maximum Gasteiger partial charge on any atom is 0.255 e. The summed E-state index contributed by atoms with van der Waals surface area (Å²) >= 11 is 0. The van der Waals surface area contributed by atoms with E-state index in [9.17, 15) is 9.59 Å². The Labute approximate surface area is 174 Å². The number of hydrogen-bond donors (Lipinski definition) is 2. The third-order valence-electron chi connectivity index (χ3n) is 5.36. The number of fused-ring (bicyclic) bond motifs is 1. The number of hydrogen-bond acceptors (Lipinski definition) is 5. The summed E-state index contributed by atoms with van der Waals surface area (Å²) in [5.41, 5.74) is 2.40. The lowest BCUT2D eigenvalue weighted by Crippen LogP contribution is -2.33. The topological polar surface area (TPSA) is 102 Å². The average molecular weight is 407 g/mol. The van der Waals surface area contributed by atoms with Crippen LogP contribution in [0.1, 0.15) is 48.3 Å². The molecule has 0 saturated heterocycles. The number of carbonyl (C=O) groups is 2. The molecule has 2 amide bonds. The van der Waals surface area contributed by atoms with Gasteiger partial charge in [-0.15, -0.1) is 0 Å². The minimum absolute atomic E-state index is 0.0401. The van der Waals surface area contributed by atoms with E-state index in [0.29, 0.717) is 36.1 Å². The first-order valence-electron chi connectivity index (χ1n) is 10.1. The Hall–Kier alpha value is -3.42. The first-order valence-corrected chi connectivity index (χ1v) is 10.1. The van der Waals surface area contributed by atoms with Crippen LogP contribution in [0.3, 0.4) is 0 Å². The normalized spacial score (nSPS) is 16.5. The Morgan fingerprint density at radius 2 is 2.07 bits per heavy atom. The van der Waals surface area contributed by atoms with Gasteiger partial charge in [-0.1, -0.05) is 30.3 Å². The SMILES string of the molecule is CC(=O)NC[C@H]1CCn2ncc(C(=O)N[C@@H](C)c3ncc(-c4ccccc4)o3)c2C1. The molecule has 0 fully saturated rings. The Kier molecular flexibility index (Phi) is 5.65. The highest BCUT2D eigenvalue weighted by atomic mass is 16.4. The highest BCUT2D eigenvalue weighted by Gasteiger charge is 2.26. The molecule has 2 atom stereocenters. The molecule has 1 aliphatic rings. The second kappa shape index (κ2) is 8.52. The molecule has 8 heteroatoms. The van der Waals surface area contributed by atoms with Gasteiger partial charge < -0.3 is 15.1 Å². The molecular weight excluding hydrogens is 382 g/mol. The maximum absolute atomic E-state index is 12.9. The molecule has 156 valence electrons. The lowest BCUT2D eigenvalue weighted by atomic mass is 9.94. The summed E-state index contributed by atoms with van der Waals surface area (Å²) in [7, 11) is 0. The number of benzene rings is 1. The predicted octanol–water partition coefficient (Wildman–Crippen LogP) is 2.73. The van der Waals surface area contributed by atoms with E-state index in [0.717, 1.165) is 24.2 Å². The van der Waals surface area contributed by atoms with E-state index in [-0.39, 0.29) is 17.9 Å². The Bertz CT molecular complexity index is 1040. The van der Waals surface area contributed by atoms with Crippen molar-refractivity contribution in [3.63, 3.8) is 0 Å². The lowest BCUT2D eigenvalue weighted by Gasteiger charge is -2.24. The van der Waals surface area contributed by atoms with Crippen molar-refractivity contribution >= 4 is 11.8 Å². The van der Waals surface area contributed by atoms with Gasteiger partial charge in [-0.05, 0) is 25.7 Å². The summed E-state index contributed by atoms with van der Waals surface area (Å²) in [5.74, 6) is 1.16. The van der Waals surface area contributed by atoms with E-state index in [2.05, 4.69) is 20.7 Å². The van der Waals surface area contributed by atoms with Crippen LogP contribution in [-0.2, 0) is 17.8 Å². The van der Waals surface area contributed by atoms with Crippen molar-refractivity contribution in [2.45, 2.75) is 39.3 Å². The van der Waals surface area contributed by atoms with Gasteiger partial charge in [0.1, 0.15) is 6.04 Å². The molecule has 8 nitrogen and oxygen atoms in total. The molecule has 0 spiro atoms. The lowest BCUT2D eigenvalue weighted by molar-refractivity contribution is -0.119. The highest BCUT2D eigenvalue weighted by molar-refractivity contribution is 5.95. The highest BCUT2D eigenvalue weighted by Crippen LogP contribution is 2.25. The van der Waals surface area contributed by atoms with Crippen LogP contribution in [-0.4, -0.2) is 33.1 Å². The number of nitrogens with zero attached hydrogens (tertiary/aromatic N) is 3. The van der Waals surface area contributed by atoms with Crippen molar-refractivity contribution in [2.24, 2.45) is 5.92 Å². The predicted molar refractivity (Wildman–Crippen MR) is 111 cm³/mol. The third kappa shape index (κ3) is 4.27. The number of nitrogens with one attached hydrogen (secondary N) is 2. The van der Waals surface area contributed by atoms with Crippen LogP contribution in [0.5, 0.6) is 0 Å². The van der Waals surface area contributed by atoms with Crippen molar-refractivity contribution in [1.82, 2.24) is 25.4 Å². The smallest absolute Gasteiger partial charge is 0.255 e. The summed E-state index contributed by atoms with van der Waals surface area (Å²) in [6.07, 6.45) is 4.91. The molecule has 0 saturated carbocycles. The first kappa shape index (κ1) is 19.9. The zero-order chi connectivity index (χ0) is 21.1. The van der Waals surface area contributed by atoms with E-state index in [1.807, 2.05) is 41.9 Å². The molecule has 3 heterocycles. The molecule has 2 aromatic heterocycles. The van der Waals surface area contributed by atoms with Crippen LogP contribution in [0.2, 0.25) is 0 Å². The number of oxazole rings is 1. The molecule has 1 aliphatic heterocycles. The molecule has 0 unspecified atom stereocenters. The van der Waals surface area contributed by atoms with Gasteiger partial charge in [0.05, 0.1) is 23.7 Å². The average Bonchev–Trinajstić information content (AvgIpc) is 3.40. The van der Waals surface area contributed by atoms with Crippen LogP contribution >= 0.6 is 0 Å². The fourth-order valence-corrected chi connectivity index (χ4v) is 3.71. The first-order chi connectivity index (χ1) is 14.5. The van der Waals surface area contributed by atoms with Gasteiger partial charge >= 0.3 is 0 Å². The van der Waals surface area contributed by atoms with Gasteiger partial charge in [-0.3, -0.25) is 14.3 Å². The molecule has 0 aliphatic carbocycles. The fraction of sp³-hybridized carbons (Fsp3) is 0.364. The van der Waals surface area contributed by atoms with Gasteiger partial charge in [0, 0.05) is 25.6 Å². The van der Waals surface area contributed by atoms with Gasteiger partial charge in [0.25, 0.3) is 5.91 Å². The van der Waals surface area contributed by atoms with Crippen LogP contribution in [0, 0.1) is 5.92 Å². The van der Waals surface area contributed by atoms with E-state index < -0.39 is 0 Å². The zero-order valence-corrected chi connectivity index (χ0v) is 17.1. The maximum atomic E-state index is 12.9. The van der Waals surface area contributed by atoms with Crippen molar-refractivity contribution in [3.8, 4) is 11.3 Å². The van der Waals surface area contributed by atoms with Crippen LogP contribution in [0.4, 0.5) is 0 Å². The van der Waals surface area contributed by atoms with E-state index in [1.165, 1.54) is 6.92 Å². The summed E-state index contributed by atoms with van der Waals surface area (Å²) in [5, 5.41) is 10.2. The fourth-order valence-electron chi connectivity index (χ4n) is 3.71. The summed E-state index contributed by atoms with van der Waals surface area (Å²) in [6.45, 7) is 4.70. The second-order valence-electron chi connectivity index (χ2n) is 7.65. The van der Waals surface area contributed by atoms with Gasteiger partial charge in [-0.2, -0.15) is 5.10 Å². The van der Waals surface area contributed by atoms with Gasteiger partial charge in [-0.25, -0.2) is 4.98 Å². The van der Waals surface area contributed by atoms with Crippen LogP contribution in [0.25, 0.3) is 11.3 Å². The Morgan fingerprint density at radius 1 is 1.27 bits per heavy atom. The minimum atomic E-state index is -0.385. The van der Waals surface area contributed by atoms with Crippen LogP contribution < -0.4 is 10.6 Å². The number of rotatable bonds is 6. The summed E-state index contributed by atoms with van der Waals surface area (Å²) < 4.78 is 7.72. The van der Waals surface area contributed by atoms with Crippen molar-refractivity contribution in [3.05, 3.63) is 59.9 Å². The van der Waals surface area contributed by atoms with E-state index in [4.69, 9.17) is 4.42 Å². The van der Waals surface area contributed by atoms with Gasteiger partial charge in [0.15, 0.2) is 5.76 Å². The molecule has 0 radical (unpaired) electrons. The summed E-state index contributed by atoms with van der Waals surface area (Å²) in [4.78, 5) is 28.4. The van der Waals surface area contributed by atoms with Crippen LogP contribution in [0.15, 0.2) is 47.1 Å². The number of aromatic nitrogens is 3. The third-order valence-corrected chi connectivity index (χ3v) is 5.36. The van der Waals surface area contributed by atoms with Crippen molar-refractivity contribution in [2.75, 3.05) is 6.54 Å². The molecule has 4 rings (SSSR count). The number of amides is 2. The minimum Gasteiger partial charge on any atom is -0.438 e. The quantitative estimate of drug-likeness (QED) is 0.654. The second-order valence-corrected chi connectivity index (χ2v) is 7.65. The standard InChI is InChI=1S/C22H25N5O3/c1-14(22-24-13-20(30-22)17-6-4-3-5-7-17)26-21(29)18-12-25-27-9-8-16(10-19(18)27)11-23-15(2)28/h3-7,12-14,16H,8-11H2,1-2H3,(H,23,28)(H,26,29)/t14-,16-/m0/s1. The molecule has 3 aromatic rings. The van der Waals surface area contributed by atoms with E-state index >= 15 is 0 Å². The Balaban J connectivity index is 1.43. The zero-order valence-electron chi connectivity index (χ0n) is 17.1. The number of aryl methyl sites for hydroxylation is 1. The van der Waals surface area contributed by atoms with Crippen molar-refractivity contribution < 1.29 is 14.0 Å². The number of carbonyl (C=O) groups excluding carboxylic acids is 2. The molecule has 0 bridgehead atoms. The molecule has 30 heavy (non-hydrogen) atoms. The molecule has 1 aromatic carbocycles. The summed E-state index contributed by atoms with van der Waals surface area (Å²) in [6, 6.07) is 9.32. The molecular formula is C22H25N5O3. The van der Waals surface area contributed by atoms with Crippen molar-refractivity contribution in [1.29, 1.82) is 0 Å². The Morgan fingerprint density at radius 3 is 2.83 bits per heavy atom. The van der Waals surface area contributed by atoms with Gasteiger partial charge in [0.2, 0.25) is 11.8 Å². The monoisotopic (exact) mass is 407 g/mol.